The number of rotatable bonds is 5. The molecule has 7 heteroatoms. The maximum atomic E-state index is 5.96. The van der Waals surface area contributed by atoms with E-state index >= 15 is 0 Å². The van der Waals surface area contributed by atoms with Gasteiger partial charge in [-0.2, -0.15) is 0 Å². The number of ether oxygens (including phenoxy) is 2. The van der Waals surface area contributed by atoms with Crippen molar-refractivity contribution in [1.82, 2.24) is 19.9 Å². The molecule has 0 bridgehead atoms. The normalized spacial score (nSPS) is 17.6. The van der Waals surface area contributed by atoms with E-state index < -0.39 is 0 Å². The lowest BCUT2D eigenvalue weighted by molar-refractivity contribution is 0.0688. The average Bonchev–Trinajstić information content (AvgIpc) is 3.32. The number of furan rings is 1. The number of nitrogens with zero attached hydrogens (tertiary/aromatic N) is 3. The fourth-order valence-corrected chi connectivity index (χ4v) is 3.32. The summed E-state index contributed by atoms with van der Waals surface area (Å²) in [4.78, 5) is 4.42. The molecule has 1 aromatic carbocycles. The van der Waals surface area contributed by atoms with E-state index in [9.17, 15) is 0 Å². The van der Waals surface area contributed by atoms with Gasteiger partial charge in [-0.15, -0.1) is 5.10 Å². The SMILES string of the molecule is c1ccc2oc(-c3cnc4ccc(OCCC5COCCN5)nn34)cc2c1. The van der Waals surface area contributed by atoms with Crippen LogP contribution >= 0.6 is 0 Å². The monoisotopic (exact) mass is 364 g/mol. The van der Waals surface area contributed by atoms with Crippen LogP contribution in [0.15, 0.2) is 53.1 Å². The van der Waals surface area contributed by atoms with Crippen molar-refractivity contribution in [3.8, 4) is 17.3 Å². The van der Waals surface area contributed by atoms with Crippen molar-refractivity contribution in [3.05, 3.63) is 48.7 Å². The molecule has 7 nitrogen and oxygen atoms in total. The molecule has 0 saturated carbocycles. The number of para-hydroxylation sites is 1. The number of fused-ring (bicyclic) bond motifs is 2. The number of nitrogens with one attached hydrogen (secondary N) is 1. The molecule has 1 atom stereocenters. The van der Waals surface area contributed by atoms with Crippen LogP contribution in [0.2, 0.25) is 0 Å². The molecule has 0 spiro atoms. The van der Waals surface area contributed by atoms with Gasteiger partial charge in [0.25, 0.3) is 0 Å². The number of benzene rings is 1. The molecule has 1 fully saturated rings. The minimum Gasteiger partial charge on any atom is -0.477 e. The average molecular weight is 364 g/mol. The zero-order chi connectivity index (χ0) is 18.1. The van der Waals surface area contributed by atoms with Crippen LogP contribution in [0, 0.1) is 0 Å². The first kappa shape index (κ1) is 16.3. The Balaban J connectivity index is 1.37. The molecule has 1 N–H and O–H groups in total. The second-order valence-corrected chi connectivity index (χ2v) is 6.60. The van der Waals surface area contributed by atoms with Gasteiger partial charge >= 0.3 is 0 Å². The van der Waals surface area contributed by atoms with E-state index in [0.29, 0.717) is 18.5 Å². The maximum absolute atomic E-state index is 5.96. The topological polar surface area (TPSA) is 73.8 Å². The lowest BCUT2D eigenvalue weighted by Gasteiger charge is -2.23. The van der Waals surface area contributed by atoms with Crippen molar-refractivity contribution in [2.24, 2.45) is 0 Å². The number of imidazole rings is 1. The Kier molecular flexibility index (Phi) is 4.23. The Bertz CT molecular complexity index is 1030. The van der Waals surface area contributed by atoms with Gasteiger partial charge in [0.2, 0.25) is 5.88 Å². The Hall–Kier alpha value is -2.90. The molecule has 138 valence electrons. The van der Waals surface area contributed by atoms with Crippen molar-refractivity contribution in [3.63, 3.8) is 0 Å². The Morgan fingerprint density at radius 1 is 1.22 bits per heavy atom. The number of hydrogen-bond donors (Lipinski definition) is 1. The van der Waals surface area contributed by atoms with Crippen LogP contribution in [0.1, 0.15) is 6.42 Å². The van der Waals surface area contributed by atoms with Gasteiger partial charge in [-0.25, -0.2) is 9.50 Å². The minimum atomic E-state index is 0.335. The quantitative estimate of drug-likeness (QED) is 0.587. The van der Waals surface area contributed by atoms with Crippen LogP contribution in [0.4, 0.5) is 0 Å². The Labute approximate surface area is 155 Å². The van der Waals surface area contributed by atoms with Gasteiger partial charge in [0.05, 0.1) is 26.0 Å². The summed E-state index contributed by atoms with van der Waals surface area (Å²) in [7, 11) is 0. The molecule has 0 aliphatic carbocycles. The summed E-state index contributed by atoms with van der Waals surface area (Å²) in [5.41, 5.74) is 2.39. The summed E-state index contributed by atoms with van der Waals surface area (Å²) < 4.78 is 19.0. The molecule has 1 aliphatic rings. The molecule has 4 aromatic rings. The fraction of sp³-hybridized carbons (Fsp3) is 0.300. The van der Waals surface area contributed by atoms with Gasteiger partial charge in [0.1, 0.15) is 11.3 Å². The van der Waals surface area contributed by atoms with E-state index in [1.54, 1.807) is 10.7 Å². The molecule has 3 aromatic heterocycles. The van der Waals surface area contributed by atoms with E-state index in [-0.39, 0.29) is 0 Å². The summed E-state index contributed by atoms with van der Waals surface area (Å²) in [5, 5.41) is 9.06. The van der Waals surface area contributed by atoms with Gasteiger partial charge in [-0.3, -0.25) is 0 Å². The first-order valence-electron chi connectivity index (χ1n) is 9.14. The van der Waals surface area contributed by atoms with Crippen LogP contribution in [-0.4, -0.2) is 47.0 Å². The first-order chi connectivity index (χ1) is 13.4. The van der Waals surface area contributed by atoms with Crippen molar-refractivity contribution >= 4 is 16.6 Å². The van der Waals surface area contributed by atoms with Gasteiger partial charge in [0.15, 0.2) is 11.4 Å². The van der Waals surface area contributed by atoms with Gasteiger partial charge in [-0.05, 0) is 24.6 Å². The predicted octanol–water partition coefficient (Wildman–Crippen LogP) is 2.90. The molecule has 0 radical (unpaired) electrons. The molecular formula is C20H20N4O3. The number of hydrogen-bond acceptors (Lipinski definition) is 6. The molecule has 27 heavy (non-hydrogen) atoms. The van der Waals surface area contributed by atoms with E-state index in [2.05, 4.69) is 15.4 Å². The molecular weight excluding hydrogens is 344 g/mol. The largest absolute Gasteiger partial charge is 0.477 e. The molecule has 1 saturated heterocycles. The standard InChI is InChI=1S/C20H20N4O3/c1-2-4-17-14(3-1)11-18(27-17)16-12-22-19-5-6-20(23-24(16)19)26-9-7-15-13-25-10-8-21-15/h1-6,11-12,15,21H,7-10,13H2. The minimum absolute atomic E-state index is 0.335. The Morgan fingerprint density at radius 3 is 3.07 bits per heavy atom. The first-order valence-corrected chi connectivity index (χ1v) is 9.14. The van der Waals surface area contributed by atoms with Crippen LogP contribution in [0.25, 0.3) is 28.1 Å². The van der Waals surface area contributed by atoms with Gasteiger partial charge < -0.3 is 19.2 Å². The highest BCUT2D eigenvalue weighted by Gasteiger charge is 2.15. The zero-order valence-corrected chi connectivity index (χ0v) is 14.8. The van der Waals surface area contributed by atoms with Crippen LogP contribution < -0.4 is 10.1 Å². The third-order valence-electron chi connectivity index (χ3n) is 4.73. The van der Waals surface area contributed by atoms with E-state index in [1.807, 2.05) is 42.5 Å². The fourth-order valence-electron chi connectivity index (χ4n) is 3.32. The van der Waals surface area contributed by atoms with Crippen LogP contribution in [0.3, 0.4) is 0 Å². The van der Waals surface area contributed by atoms with E-state index in [4.69, 9.17) is 13.9 Å². The van der Waals surface area contributed by atoms with Crippen molar-refractivity contribution in [1.29, 1.82) is 0 Å². The molecule has 4 heterocycles. The molecule has 0 amide bonds. The molecule has 5 rings (SSSR count). The van der Waals surface area contributed by atoms with Crippen molar-refractivity contribution in [2.45, 2.75) is 12.5 Å². The van der Waals surface area contributed by atoms with Gasteiger partial charge in [0, 0.05) is 24.0 Å². The highest BCUT2D eigenvalue weighted by Crippen LogP contribution is 2.28. The zero-order valence-electron chi connectivity index (χ0n) is 14.8. The number of morpholine rings is 1. The highest BCUT2D eigenvalue weighted by molar-refractivity contribution is 5.82. The Morgan fingerprint density at radius 2 is 2.19 bits per heavy atom. The van der Waals surface area contributed by atoms with Crippen LogP contribution in [0.5, 0.6) is 5.88 Å². The van der Waals surface area contributed by atoms with E-state index in [0.717, 1.165) is 54.2 Å². The van der Waals surface area contributed by atoms with Crippen molar-refractivity contribution in [2.75, 3.05) is 26.4 Å². The summed E-state index contributed by atoms with van der Waals surface area (Å²) in [6.07, 6.45) is 2.65. The maximum Gasteiger partial charge on any atom is 0.231 e. The van der Waals surface area contributed by atoms with Gasteiger partial charge in [-0.1, -0.05) is 18.2 Å². The predicted molar refractivity (Wildman–Crippen MR) is 101 cm³/mol. The lowest BCUT2D eigenvalue weighted by atomic mass is 10.2. The second kappa shape index (κ2) is 7.02. The van der Waals surface area contributed by atoms with Crippen molar-refractivity contribution < 1.29 is 13.9 Å². The summed E-state index contributed by atoms with van der Waals surface area (Å²) in [6, 6.07) is 14.0. The third-order valence-corrected chi connectivity index (χ3v) is 4.73. The molecule has 1 unspecified atom stereocenters. The summed E-state index contributed by atoms with van der Waals surface area (Å²) in [5.74, 6) is 1.30. The summed E-state index contributed by atoms with van der Waals surface area (Å²) in [6.45, 7) is 2.98. The molecule has 1 aliphatic heterocycles. The highest BCUT2D eigenvalue weighted by atomic mass is 16.5. The van der Waals surface area contributed by atoms with Crippen LogP contribution in [-0.2, 0) is 4.74 Å². The van der Waals surface area contributed by atoms with E-state index in [1.165, 1.54) is 0 Å². The number of aromatic nitrogens is 3. The third kappa shape index (κ3) is 3.27. The lowest BCUT2D eigenvalue weighted by Crippen LogP contribution is -2.42. The smallest absolute Gasteiger partial charge is 0.231 e. The summed E-state index contributed by atoms with van der Waals surface area (Å²) >= 11 is 0. The second-order valence-electron chi connectivity index (χ2n) is 6.60.